The Bertz CT molecular complexity index is 484. The van der Waals surface area contributed by atoms with E-state index in [1.807, 2.05) is 35.9 Å². The number of hydrogen-bond acceptors (Lipinski definition) is 2. The molecule has 0 saturated carbocycles. The van der Waals surface area contributed by atoms with Gasteiger partial charge in [0.2, 0.25) is 0 Å². The molecule has 0 aliphatic carbocycles. The molecular formula is C13H15ClN2O. The van der Waals surface area contributed by atoms with Crippen molar-refractivity contribution in [3.8, 4) is 0 Å². The normalized spacial score (nSPS) is 14.5. The minimum absolute atomic E-state index is 0.452. The van der Waals surface area contributed by atoms with Crippen molar-refractivity contribution in [3.05, 3.63) is 53.6 Å². The first kappa shape index (κ1) is 12.1. The van der Waals surface area contributed by atoms with E-state index >= 15 is 0 Å². The van der Waals surface area contributed by atoms with Gasteiger partial charge < -0.3 is 9.67 Å². The van der Waals surface area contributed by atoms with Gasteiger partial charge in [0.1, 0.15) is 5.60 Å². The Morgan fingerprint density at radius 3 is 2.76 bits per heavy atom. The van der Waals surface area contributed by atoms with Crippen LogP contribution in [0.15, 0.2) is 43.0 Å². The number of hydrogen-bond donors (Lipinski definition) is 1. The molecule has 1 N–H and O–H groups in total. The lowest BCUT2D eigenvalue weighted by Gasteiger charge is -2.28. The maximum Gasteiger partial charge on any atom is 0.109 e. The fourth-order valence-electron chi connectivity index (χ4n) is 1.91. The molecule has 0 spiro atoms. The molecule has 0 aliphatic heterocycles. The van der Waals surface area contributed by atoms with E-state index in [4.69, 9.17) is 11.6 Å². The highest BCUT2D eigenvalue weighted by Crippen LogP contribution is 2.32. The van der Waals surface area contributed by atoms with Crippen LogP contribution in [0.2, 0.25) is 5.02 Å². The van der Waals surface area contributed by atoms with Crippen molar-refractivity contribution < 1.29 is 5.11 Å². The third-order valence-electron chi connectivity index (χ3n) is 2.96. The Kier molecular flexibility index (Phi) is 3.50. The fourth-order valence-corrected chi connectivity index (χ4v) is 2.22. The highest BCUT2D eigenvalue weighted by molar-refractivity contribution is 6.31. The molecule has 17 heavy (non-hydrogen) atoms. The van der Waals surface area contributed by atoms with Gasteiger partial charge in [-0.05, 0) is 12.5 Å². The summed E-state index contributed by atoms with van der Waals surface area (Å²) in [6.45, 7) is 2.40. The Morgan fingerprint density at radius 2 is 2.18 bits per heavy atom. The summed E-state index contributed by atoms with van der Waals surface area (Å²) in [5.74, 6) is 0. The standard InChI is InChI=1S/C13H15ClN2O/c1-2-13(17,9-16-8-7-15-10-16)11-5-3-4-6-12(11)14/h3-8,10,17H,2,9H2,1H3. The quantitative estimate of drug-likeness (QED) is 0.906. The molecule has 0 aliphatic rings. The van der Waals surface area contributed by atoms with Crippen LogP contribution < -0.4 is 0 Å². The zero-order valence-electron chi connectivity index (χ0n) is 9.68. The number of aromatic nitrogens is 2. The van der Waals surface area contributed by atoms with Gasteiger partial charge in [0.15, 0.2) is 0 Å². The topological polar surface area (TPSA) is 38.0 Å². The van der Waals surface area contributed by atoms with Gasteiger partial charge in [0.05, 0.1) is 12.9 Å². The van der Waals surface area contributed by atoms with Crippen molar-refractivity contribution >= 4 is 11.6 Å². The Labute approximate surface area is 106 Å². The first-order valence-electron chi connectivity index (χ1n) is 5.59. The molecule has 1 aromatic heterocycles. The molecule has 0 fully saturated rings. The highest BCUT2D eigenvalue weighted by atomic mass is 35.5. The van der Waals surface area contributed by atoms with E-state index in [9.17, 15) is 5.11 Å². The molecule has 1 aromatic carbocycles. The smallest absolute Gasteiger partial charge is 0.109 e. The predicted octanol–water partition coefficient (Wildman–Crippen LogP) is 2.83. The molecule has 1 atom stereocenters. The number of aliphatic hydroxyl groups is 1. The largest absolute Gasteiger partial charge is 0.383 e. The maximum absolute atomic E-state index is 10.7. The SMILES string of the molecule is CCC(O)(Cn1ccnc1)c1ccccc1Cl. The zero-order chi connectivity index (χ0) is 12.3. The number of halogens is 1. The van der Waals surface area contributed by atoms with Crippen molar-refractivity contribution in [3.63, 3.8) is 0 Å². The van der Waals surface area contributed by atoms with Crippen LogP contribution in [-0.4, -0.2) is 14.7 Å². The molecule has 2 aromatic rings. The minimum atomic E-state index is -0.959. The van der Waals surface area contributed by atoms with E-state index in [1.54, 1.807) is 18.6 Å². The van der Waals surface area contributed by atoms with Crippen molar-refractivity contribution in [2.24, 2.45) is 0 Å². The van der Waals surface area contributed by atoms with Gasteiger partial charge in [0, 0.05) is 23.0 Å². The predicted molar refractivity (Wildman–Crippen MR) is 67.9 cm³/mol. The Hall–Kier alpha value is -1.32. The zero-order valence-corrected chi connectivity index (χ0v) is 10.4. The van der Waals surface area contributed by atoms with E-state index in [0.29, 0.717) is 18.0 Å². The second-order valence-electron chi connectivity index (χ2n) is 4.10. The van der Waals surface area contributed by atoms with Gasteiger partial charge in [-0.3, -0.25) is 0 Å². The second kappa shape index (κ2) is 4.90. The Balaban J connectivity index is 2.34. The van der Waals surface area contributed by atoms with Gasteiger partial charge >= 0.3 is 0 Å². The fraction of sp³-hybridized carbons (Fsp3) is 0.308. The highest BCUT2D eigenvalue weighted by Gasteiger charge is 2.29. The van der Waals surface area contributed by atoms with Gasteiger partial charge in [-0.2, -0.15) is 0 Å². The van der Waals surface area contributed by atoms with E-state index in [1.165, 1.54) is 0 Å². The number of nitrogens with zero attached hydrogens (tertiary/aromatic N) is 2. The van der Waals surface area contributed by atoms with Crippen molar-refractivity contribution in [1.82, 2.24) is 9.55 Å². The summed E-state index contributed by atoms with van der Waals surface area (Å²) in [6, 6.07) is 7.41. The van der Waals surface area contributed by atoms with E-state index < -0.39 is 5.60 Å². The van der Waals surface area contributed by atoms with Crippen LogP contribution in [0.1, 0.15) is 18.9 Å². The average molecular weight is 251 g/mol. The summed E-state index contributed by atoms with van der Waals surface area (Å²) in [5, 5.41) is 11.3. The third kappa shape index (κ3) is 2.51. The summed E-state index contributed by atoms with van der Waals surface area (Å²) < 4.78 is 1.85. The Morgan fingerprint density at radius 1 is 1.41 bits per heavy atom. The van der Waals surface area contributed by atoms with Crippen LogP contribution in [-0.2, 0) is 12.1 Å². The first-order chi connectivity index (χ1) is 8.15. The molecule has 1 heterocycles. The lowest BCUT2D eigenvalue weighted by molar-refractivity contribution is 0.0144. The van der Waals surface area contributed by atoms with Crippen LogP contribution in [0.5, 0.6) is 0 Å². The van der Waals surface area contributed by atoms with Gasteiger partial charge in [-0.1, -0.05) is 36.7 Å². The van der Waals surface area contributed by atoms with Crippen LogP contribution in [0.25, 0.3) is 0 Å². The third-order valence-corrected chi connectivity index (χ3v) is 3.29. The summed E-state index contributed by atoms with van der Waals surface area (Å²) >= 11 is 6.14. The number of benzene rings is 1. The van der Waals surface area contributed by atoms with Crippen LogP contribution >= 0.6 is 11.6 Å². The molecule has 2 rings (SSSR count). The van der Waals surface area contributed by atoms with Gasteiger partial charge in [-0.25, -0.2) is 4.98 Å². The molecule has 3 nitrogen and oxygen atoms in total. The maximum atomic E-state index is 10.7. The number of rotatable bonds is 4. The monoisotopic (exact) mass is 250 g/mol. The molecule has 0 amide bonds. The lowest BCUT2D eigenvalue weighted by Crippen LogP contribution is -2.30. The molecule has 0 radical (unpaired) electrons. The molecule has 0 saturated heterocycles. The molecule has 4 heteroatoms. The molecule has 0 bridgehead atoms. The van der Waals surface area contributed by atoms with Crippen molar-refractivity contribution in [2.75, 3.05) is 0 Å². The molecule has 1 unspecified atom stereocenters. The first-order valence-corrected chi connectivity index (χ1v) is 5.96. The average Bonchev–Trinajstić information content (AvgIpc) is 2.82. The molecular weight excluding hydrogens is 236 g/mol. The van der Waals surface area contributed by atoms with E-state index in [0.717, 1.165) is 5.56 Å². The lowest BCUT2D eigenvalue weighted by atomic mass is 9.91. The summed E-state index contributed by atoms with van der Waals surface area (Å²) in [4.78, 5) is 3.98. The van der Waals surface area contributed by atoms with Gasteiger partial charge in [0.25, 0.3) is 0 Å². The summed E-state index contributed by atoms with van der Waals surface area (Å²) in [7, 11) is 0. The van der Waals surface area contributed by atoms with Crippen LogP contribution in [0.3, 0.4) is 0 Å². The van der Waals surface area contributed by atoms with Crippen molar-refractivity contribution in [2.45, 2.75) is 25.5 Å². The second-order valence-corrected chi connectivity index (χ2v) is 4.51. The van der Waals surface area contributed by atoms with Crippen molar-refractivity contribution in [1.29, 1.82) is 0 Å². The molecule has 90 valence electrons. The van der Waals surface area contributed by atoms with Gasteiger partial charge in [-0.15, -0.1) is 0 Å². The van der Waals surface area contributed by atoms with E-state index in [2.05, 4.69) is 4.98 Å². The minimum Gasteiger partial charge on any atom is -0.383 e. The summed E-state index contributed by atoms with van der Waals surface area (Å²) in [5.41, 5.74) is -0.197. The van der Waals surface area contributed by atoms with Crippen LogP contribution in [0.4, 0.5) is 0 Å². The number of imidazole rings is 1. The van der Waals surface area contributed by atoms with Crippen LogP contribution in [0, 0.1) is 0 Å². The van der Waals surface area contributed by atoms with E-state index in [-0.39, 0.29) is 0 Å². The summed E-state index contributed by atoms with van der Waals surface area (Å²) in [6.07, 6.45) is 5.81.